The van der Waals surface area contributed by atoms with Crippen LogP contribution in [-0.2, 0) is 14.3 Å². The van der Waals surface area contributed by atoms with Gasteiger partial charge in [-0.15, -0.1) is 0 Å². The Morgan fingerprint density at radius 1 is 0.629 bits per heavy atom. The number of ether oxygens (including phenoxy) is 1. The number of nitrogens with one attached hydrogen (secondary N) is 1. The molecular formula is C31H59NO3. The fourth-order valence-electron chi connectivity index (χ4n) is 5.16. The molecule has 0 heterocycles. The van der Waals surface area contributed by atoms with E-state index in [1.54, 1.807) is 0 Å². The van der Waals surface area contributed by atoms with Crippen LogP contribution in [-0.4, -0.2) is 24.0 Å². The van der Waals surface area contributed by atoms with E-state index < -0.39 is 0 Å². The van der Waals surface area contributed by atoms with Gasteiger partial charge in [0.05, 0.1) is 0 Å². The second-order valence-electron chi connectivity index (χ2n) is 12.1. The standard InChI is InChI=1S/C31H59NO3/c1-31(2,3)35-30(34)26-22-17-15-13-11-9-7-5-4-6-8-10-12-14-16-21-25-29(33)32-27-28-23-19-18-20-24-28/h28H,4-27H2,1-3H3,(H,32,33). The molecule has 0 saturated heterocycles. The summed E-state index contributed by atoms with van der Waals surface area (Å²) in [4.78, 5) is 23.6. The van der Waals surface area contributed by atoms with Gasteiger partial charge >= 0.3 is 5.97 Å². The van der Waals surface area contributed by atoms with E-state index in [0.29, 0.717) is 6.42 Å². The van der Waals surface area contributed by atoms with E-state index in [0.717, 1.165) is 38.1 Å². The van der Waals surface area contributed by atoms with Crippen LogP contribution in [0.4, 0.5) is 0 Å². The van der Waals surface area contributed by atoms with Gasteiger partial charge in [0.1, 0.15) is 5.60 Å². The highest BCUT2D eigenvalue weighted by Gasteiger charge is 2.15. The minimum Gasteiger partial charge on any atom is -0.460 e. The Bertz CT molecular complexity index is 520. The van der Waals surface area contributed by atoms with Crippen LogP contribution in [0.5, 0.6) is 0 Å². The van der Waals surface area contributed by atoms with Gasteiger partial charge in [0.25, 0.3) is 0 Å². The van der Waals surface area contributed by atoms with Crippen LogP contribution in [0, 0.1) is 5.92 Å². The predicted molar refractivity (Wildman–Crippen MR) is 149 cm³/mol. The second kappa shape index (κ2) is 21.1. The quantitative estimate of drug-likeness (QED) is 0.128. The lowest BCUT2D eigenvalue weighted by atomic mass is 9.89. The summed E-state index contributed by atoms with van der Waals surface area (Å²) < 4.78 is 5.35. The molecule has 1 aliphatic carbocycles. The van der Waals surface area contributed by atoms with Crippen LogP contribution in [0.2, 0.25) is 0 Å². The summed E-state index contributed by atoms with van der Waals surface area (Å²) in [6.45, 7) is 6.69. The molecule has 0 aliphatic heterocycles. The first-order chi connectivity index (χ1) is 16.9. The molecule has 0 bridgehead atoms. The van der Waals surface area contributed by atoms with Crippen LogP contribution in [0.15, 0.2) is 0 Å². The first-order valence-corrected chi connectivity index (χ1v) is 15.4. The van der Waals surface area contributed by atoms with Crippen molar-refractivity contribution in [2.24, 2.45) is 5.92 Å². The van der Waals surface area contributed by atoms with Crippen molar-refractivity contribution in [1.29, 1.82) is 0 Å². The molecule has 1 amide bonds. The summed E-state index contributed by atoms with van der Waals surface area (Å²) in [7, 11) is 0. The third-order valence-corrected chi connectivity index (χ3v) is 7.27. The third-order valence-electron chi connectivity index (χ3n) is 7.27. The molecule has 1 aliphatic rings. The van der Waals surface area contributed by atoms with Crippen LogP contribution in [0.25, 0.3) is 0 Å². The van der Waals surface area contributed by atoms with E-state index >= 15 is 0 Å². The number of hydrogen-bond acceptors (Lipinski definition) is 3. The molecule has 0 atom stereocenters. The van der Waals surface area contributed by atoms with Crippen molar-refractivity contribution in [1.82, 2.24) is 5.32 Å². The SMILES string of the molecule is CC(C)(C)OC(=O)CCCCCCCCCCCCCCCCCCC(=O)NCC1CCCCC1. The topological polar surface area (TPSA) is 55.4 Å². The molecule has 0 aromatic heterocycles. The zero-order valence-corrected chi connectivity index (χ0v) is 23.8. The molecule has 35 heavy (non-hydrogen) atoms. The first-order valence-electron chi connectivity index (χ1n) is 15.4. The van der Waals surface area contributed by atoms with Crippen molar-refractivity contribution in [3.8, 4) is 0 Å². The Morgan fingerprint density at radius 3 is 1.46 bits per heavy atom. The summed E-state index contributed by atoms with van der Waals surface area (Å²) in [5.74, 6) is 0.955. The molecule has 1 fully saturated rings. The van der Waals surface area contributed by atoms with Crippen molar-refractivity contribution in [2.45, 2.75) is 174 Å². The monoisotopic (exact) mass is 493 g/mol. The largest absolute Gasteiger partial charge is 0.460 e. The number of amides is 1. The van der Waals surface area contributed by atoms with Crippen molar-refractivity contribution in [3.63, 3.8) is 0 Å². The fourth-order valence-corrected chi connectivity index (χ4v) is 5.16. The van der Waals surface area contributed by atoms with Gasteiger partial charge in [-0.2, -0.15) is 0 Å². The lowest BCUT2D eigenvalue weighted by molar-refractivity contribution is -0.154. The molecule has 1 rings (SSSR count). The van der Waals surface area contributed by atoms with Crippen molar-refractivity contribution >= 4 is 11.9 Å². The molecule has 0 aromatic carbocycles. The highest BCUT2D eigenvalue weighted by atomic mass is 16.6. The molecule has 4 heteroatoms. The third kappa shape index (κ3) is 21.9. The first kappa shape index (κ1) is 32.0. The van der Waals surface area contributed by atoms with E-state index in [-0.39, 0.29) is 17.5 Å². The number of hydrogen-bond donors (Lipinski definition) is 1. The number of carbonyl (C=O) groups excluding carboxylic acids is 2. The van der Waals surface area contributed by atoms with Crippen LogP contribution < -0.4 is 5.32 Å². The van der Waals surface area contributed by atoms with Crippen LogP contribution in [0.3, 0.4) is 0 Å². The molecule has 4 nitrogen and oxygen atoms in total. The molecule has 0 unspecified atom stereocenters. The lowest BCUT2D eigenvalue weighted by Crippen LogP contribution is -2.29. The molecular weight excluding hydrogens is 434 g/mol. The normalized spacial score (nSPS) is 14.7. The van der Waals surface area contributed by atoms with Crippen molar-refractivity contribution < 1.29 is 14.3 Å². The van der Waals surface area contributed by atoms with Crippen LogP contribution >= 0.6 is 0 Å². The van der Waals surface area contributed by atoms with E-state index in [1.807, 2.05) is 20.8 Å². The molecule has 1 N–H and O–H groups in total. The lowest BCUT2D eigenvalue weighted by Gasteiger charge is -2.21. The Morgan fingerprint density at radius 2 is 1.03 bits per heavy atom. The maximum atomic E-state index is 12.0. The number of esters is 1. The summed E-state index contributed by atoms with van der Waals surface area (Å²) in [6, 6.07) is 0. The molecule has 1 saturated carbocycles. The van der Waals surface area contributed by atoms with E-state index in [9.17, 15) is 9.59 Å². The van der Waals surface area contributed by atoms with Gasteiger partial charge in [0.2, 0.25) is 5.91 Å². The fraction of sp³-hybridized carbons (Fsp3) is 0.935. The van der Waals surface area contributed by atoms with E-state index in [1.165, 1.54) is 116 Å². The Kier molecular flexibility index (Phi) is 19.2. The van der Waals surface area contributed by atoms with Crippen molar-refractivity contribution in [2.75, 3.05) is 6.54 Å². The summed E-state index contributed by atoms with van der Waals surface area (Å²) in [5.41, 5.74) is -0.356. The van der Waals surface area contributed by atoms with Gasteiger partial charge in [-0.05, 0) is 52.4 Å². The highest BCUT2D eigenvalue weighted by molar-refractivity contribution is 5.75. The maximum absolute atomic E-state index is 12.0. The molecule has 0 radical (unpaired) electrons. The van der Waals surface area contributed by atoms with Gasteiger partial charge in [0, 0.05) is 19.4 Å². The summed E-state index contributed by atoms with van der Waals surface area (Å²) >= 11 is 0. The molecule has 0 spiro atoms. The second-order valence-corrected chi connectivity index (χ2v) is 12.1. The zero-order valence-electron chi connectivity index (χ0n) is 23.8. The van der Waals surface area contributed by atoms with Gasteiger partial charge in [-0.3, -0.25) is 9.59 Å². The predicted octanol–water partition coefficient (Wildman–Crippen LogP) is 9.05. The minimum absolute atomic E-state index is 0.0539. The van der Waals surface area contributed by atoms with Gasteiger partial charge in [0.15, 0.2) is 0 Å². The van der Waals surface area contributed by atoms with Crippen LogP contribution in [0.1, 0.15) is 168 Å². The Hall–Kier alpha value is -1.06. The number of rotatable bonds is 21. The van der Waals surface area contributed by atoms with Gasteiger partial charge in [-0.25, -0.2) is 0 Å². The molecule has 206 valence electrons. The summed E-state index contributed by atoms with van der Waals surface area (Å²) in [6.07, 6.45) is 28.5. The average Bonchev–Trinajstić information content (AvgIpc) is 2.81. The smallest absolute Gasteiger partial charge is 0.306 e. The number of carbonyl (C=O) groups is 2. The average molecular weight is 494 g/mol. The highest BCUT2D eigenvalue weighted by Crippen LogP contribution is 2.22. The Labute approximate surface area is 218 Å². The summed E-state index contributed by atoms with van der Waals surface area (Å²) in [5, 5.41) is 3.16. The minimum atomic E-state index is -0.356. The maximum Gasteiger partial charge on any atom is 0.306 e. The molecule has 0 aromatic rings. The van der Waals surface area contributed by atoms with E-state index in [4.69, 9.17) is 4.74 Å². The zero-order chi connectivity index (χ0) is 25.6. The van der Waals surface area contributed by atoms with Gasteiger partial charge in [-0.1, -0.05) is 109 Å². The Balaban J connectivity index is 1.72. The van der Waals surface area contributed by atoms with E-state index in [2.05, 4.69) is 5.32 Å². The van der Waals surface area contributed by atoms with Gasteiger partial charge < -0.3 is 10.1 Å². The van der Waals surface area contributed by atoms with Crippen molar-refractivity contribution in [3.05, 3.63) is 0 Å². The number of unbranched alkanes of at least 4 members (excludes halogenated alkanes) is 15.